The van der Waals surface area contributed by atoms with Crippen LogP contribution in [-0.4, -0.2) is 26.0 Å². The highest BCUT2D eigenvalue weighted by atomic mass is 32.2. The Morgan fingerprint density at radius 3 is 2.54 bits per heavy atom. The van der Waals surface area contributed by atoms with Crippen LogP contribution in [0.4, 0.5) is 11.4 Å². The highest BCUT2D eigenvalue weighted by Crippen LogP contribution is 2.18. The molecule has 0 radical (unpaired) electrons. The molecule has 9 heteroatoms. The second-order valence-corrected chi connectivity index (χ2v) is 6.42. The van der Waals surface area contributed by atoms with Gasteiger partial charge in [-0.05, 0) is 30.3 Å². The molecule has 8 nitrogen and oxygen atoms in total. The van der Waals surface area contributed by atoms with Crippen molar-refractivity contribution >= 4 is 27.4 Å². The van der Waals surface area contributed by atoms with Crippen LogP contribution in [0, 0.1) is 11.3 Å². The average molecular weight is 373 g/mol. The average Bonchev–Trinajstić information content (AvgIpc) is 2.62. The van der Waals surface area contributed by atoms with E-state index in [-0.39, 0.29) is 16.2 Å². The first-order valence-corrected chi connectivity index (χ1v) is 8.67. The minimum absolute atomic E-state index is 0.118. The zero-order chi connectivity index (χ0) is 19.2. The third-order valence-corrected chi connectivity index (χ3v) is 4.06. The van der Waals surface area contributed by atoms with Crippen LogP contribution in [0.3, 0.4) is 0 Å². The van der Waals surface area contributed by atoms with E-state index in [1.54, 1.807) is 30.3 Å². The number of ether oxygens (including phenoxy) is 1. The zero-order valence-electron chi connectivity index (χ0n) is 13.6. The van der Waals surface area contributed by atoms with Gasteiger partial charge in [0, 0.05) is 23.6 Å². The van der Waals surface area contributed by atoms with Crippen molar-refractivity contribution in [1.82, 2.24) is 0 Å². The molecule has 0 heterocycles. The number of carbonyl (C=O) groups is 1. The molecule has 2 rings (SSSR count). The van der Waals surface area contributed by atoms with Crippen LogP contribution >= 0.6 is 0 Å². The molecule has 0 bridgehead atoms. The molecule has 0 unspecified atom stereocenters. The number of rotatable bonds is 6. The highest BCUT2D eigenvalue weighted by molar-refractivity contribution is 7.85. The van der Waals surface area contributed by atoms with Crippen LogP contribution in [0.5, 0.6) is 5.75 Å². The summed E-state index contributed by atoms with van der Waals surface area (Å²) in [6, 6.07) is 13.7. The van der Waals surface area contributed by atoms with E-state index in [0.717, 1.165) is 6.07 Å². The highest BCUT2D eigenvalue weighted by Gasteiger charge is 2.13. The molecule has 1 amide bonds. The van der Waals surface area contributed by atoms with E-state index >= 15 is 0 Å². The summed E-state index contributed by atoms with van der Waals surface area (Å²) in [5.74, 6) is -0.135. The maximum atomic E-state index is 12.2. The Balaban J connectivity index is 2.15. The van der Waals surface area contributed by atoms with Crippen molar-refractivity contribution in [2.75, 3.05) is 17.7 Å². The van der Waals surface area contributed by atoms with Crippen molar-refractivity contribution in [2.45, 2.75) is 4.90 Å². The van der Waals surface area contributed by atoms with Crippen molar-refractivity contribution in [2.24, 2.45) is 0 Å². The molecule has 0 aromatic heterocycles. The largest absolute Gasteiger partial charge is 0.497 e. The molecular weight excluding hydrogens is 358 g/mol. The number of benzene rings is 2. The fraction of sp³-hybridized carbons (Fsp3) is 0.0588. The standard InChI is InChI=1S/C17H15N3O5S/c1-25-15-6-2-4-13(8-15)19-11-12(10-18)17(21)20-14-5-3-7-16(9-14)26(22,23)24/h2-9,11,19H,1H3,(H,20,21)(H,22,23,24)/b12-11-. The lowest BCUT2D eigenvalue weighted by Gasteiger charge is -2.07. The second kappa shape index (κ2) is 8.15. The summed E-state index contributed by atoms with van der Waals surface area (Å²) in [4.78, 5) is 11.8. The number of methoxy groups -OCH3 is 1. The van der Waals surface area contributed by atoms with Crippen molar-refractivity contribution in [3.05, 3.63) is 60.3 Å². The first-order chi connectivity index (χ1) is 12.3. The molecule has 0 saturated carbocycles. The molecule has 2 aromatic rings. The number of hydrogen-bond donors (Lipinski definition) is 3. The van der Waals surface area contributed by atoms with Gasteiger partial charge in [0.25, 0.3) is 16.0 Å². The lowest BCUT2D eigenvalue weighted by Crippen LogP contribution is -2.15. The Bertz CT molecular complexity index is 993. The maximum absolute atomic E-state index is 12.2. The first-order valence-electron chi connectivity index (χ1n) is 7.23. The SMILES string of the molecule is COc1cccc(N/C=C(/C#N)C(=O)Nc2cccc(S(=O)(=O)O)c2)c1. The molecule has 0 spiro atoms. The van der Waals surface area contributed by atoms with Crippen molar-refractivity contribution in [3.8, 4) is 11.8 Å². The van der Waals surface area contributed by atoms with E-state index in [4.69, 9.17) is 14.6 Å². The fourth-order valence-electron chi connectivity index (χ4n) is 1.95. The van der Waals surface area contributed by atoms with Crippen LogP contribution in [0.25, 0.3) is 0 Å². The number of nitrogens with zero attached hydrogens (tertiary/aromatic N) is 1. The minimum atomic E-state index is -4.39. The van der Waals surface area contributed by atoms with E-state index in [0.29, 0.717) is 11.4 Å². The van der Waals surface area contributed by atoms with E-state index in [9.17, 15) is 13.2 Å². The number of carbonyl (C=O) groups excluding carboxylic acids is 1. The third-order valence-electron chi connectivity index (χ3n) is 3.21. The summed E-state index contributed by atoms with van der Waals surface area (Å²) < 4.78 is 36.4. The monoisotopic (exact) mass is 373 g/mol. The van der Waals surface area contributed by atoms with Gasteiger partial charge in [-0.2, -0.15) is 13.7 Å². The van der Waals surface area contributed by atoms with Crippen molar-refractivity contribution < 1.29 is 22.5 Å². The molecule has 0 aliphatic rings. The zero-order valence-corrected chi connectivity index (χ0v) is 14.4. The predicted octanol–water partition coefficient (Wildman–Crippen LogP) is 2.40. The van der Waals surface area contributed by atoms with Gasteiger partial charge < -0.3 is 15.4 Å². The Morgan fingerprint density at radius 2 is 1.88 bits per heavy atom. The molecule has 2 aromatic carbocycles. The normalized spacial score (nSPS) is 11.3. The lowest BCUT2D eigenvalue weighted by molar-refractivity contribution is -0.112. The topological polar surface area (TPSA) is 129 Å². The van der Waals surface area contributed by atoms with E-state index in [1.807, 2.05) is 0 Å². The Labute approximate surface area is 150 Å². The van der Waals surface area contributed by atoms with Crippen LogP contribution < -0.4 is 15.4 Å². The number of nitrogens with one attached hydrogen (secondary N) is 2. The van der Waals surface area contributed by atoms with Crippen LogP contribution in [0.1, 0.15) is 0 Å². The van der Waals surface area contributed by atoms with Gasteiger partial charge in [0.05, 0.1) is 12.0 Å². The Kier molecular flexibility index (Phi) is 5.95. The molecular formula is C17H15N3O5S. The summed E-state index contributed by atoms with van der Waals surface area (Å²) in [5, 5.41) is 14.4. The van der Waals surface area contributed by atoms with Gasteiger partial charge in [0.2, 0.25) is 0 Å². The number of amides is 1. The summed E-state index contributed by atoms with van der Waals surface area (Å²) in [7, 11) is -2.88. The van der Waals surface area contributed by atoms with E-state index < -0.39 is 16.0 Å². The number of hydrogen-bond acceptors (Lipinski definition) is 6. The quantitative estimate of drug-likeness (QED) is 0.403. The van der Waals surface area contributed by atoms with E-state index in [2.05, 4.69) is 10.6 Å². The van der Waals surface area contributed by atoms with E-state index in [1.165, 1.54) is 31.5 Å². The second-order valence-electron chi connectivity index (χ2n) is 5.00. The summed E-state index contributed by atoms with van der Waals surface area (Å²) in [6.07, 6.45) is 1.22. The summed E-state index contributed by atoms with van der Waals surface area (Å²) in [6.45, 7) is 0. The van der Waals surface area contributed by atoms with Gasteiger partial charge in [-0.3, -0.25) is 9.35 Å². The van der Waals surface area contributed by atoms with Gasteiger partial charge in [0.15, 0.2) is 0 Å². The van der Waals surface area contributed by atoms with Crippen molar-refractivity contribution in [3.63, 3.8) is 0 Å². The first kappa shape index (κ1) is 19.0. The Morgan fingerprint density at radius 1 is 1.19 bits per heavy atom. The number of anilines is 2. The van der Waals surface area contributed by atoms with Gasteiger partial charge in [-0.25, -0.2) is 0 Å². The minimum Gasteiger partial charge on any atom is -0.497 e. The molecule has 0 fully saturated rings. The Hall–Kier alpha value is -3.35. The van der Waals surface area contributed by atoms with Crippen molar-refractivity contribution in [1.29, 1.82) is 5.26 Å². The summed E-state index contributed by atoms with van der Waals surface area (Å²) in [5.41, 5.74) is 0.496. The summed E-state index contributed by atoms with van der Waals surface area (Å²) >= 11 is 0. The molecule has 26 heavy (non-hydrogen) atoms. The van der Waals surface area contributed by atoms with Gasteiger partial charge in [-0.1, -0.05) is 12.1 Å². The molecule has 0 aliphatic carbocycles. The molecule has 0 saturated heterocycles. The molecule has 0 aliphatic heterocycles. The fourth-order valence-corrected chi connectivity index (χ4v) is 2.48. The van der Waals surface area contributed by atoms with Crippen LogP contribution in [0.2, 0.25) is 0 Å². The maximum Gasteiger partial charge on any atom is 0.294 e. The molecule has 134 valence electrons. The van der Waals surface area contributed by atoms with Crippen LogP contribution in [0.15, 0.2) is 65.2 Å². The third kappa shape index (κ3) is 5.07. The van der Waals surface area contributed by atoms with Crippen LogP contribution in [-0.2, 0) is 14.9 Å². The smallest absolute Gasteiger partial charge is 0.294 e. The lowest BCUT2D eigenvalue weighted by atomic mass is 10.2. The number of nitriles is 1. The van der Waals surface area contributed by atoms with Gasteiger partial charge in [-0.15, -0.1) is 0 Å². The molecule has 3 N–H and O–H groups in total. The van der Waals surface area contributed by atoms with Gasteiger partial charge in [0.1, 0.15) is 17.4 Å². The molecule has 0 atom stereocenters. The predicted molar refractivity (Wildman–Crippen MR) is 95.2 cm³/mol. The van der Waals surface area contributed by atoms with Gasteiger partial charge >= 0.3 is 0 Å².